The Morgan fingerprint density at radius 2 is 2.15 bits per heavy atom. The van der Waals surface area contributed by atoms with Crippen molar-refractivity contribution in [1.29, 1.82) is 0 Å². The molecule has 0 unspecified atom stereocenters. The smallest absolute Gasteiger partial charge is 0.276 e. The van der Waals surface area contributed by atoms with Crippen molar-refractivity contribution in [1.82, 2.24) is 24.8 Å². The fourth-order valence-electron chi connectivity index (χ4n) is 3.62. The largest absolute Gasteiger partial charge is 0.354 e. The molecule has 0 aromatic carbocycles. The van der Waals surface area contributed by atoms with Crippen molar-refractivity contribution < 1.29 is 9.59 Å². The first kappa shape index (κ1) is 19.1. The second-order valence-corrected chi connectivity index (χ2v) is 7.56. The number of H-pyrrole nitrogens is 1. The zero-order valence-electron chi connectivity index (χ0n) is 16.3. The Hall–Kier alpha value is -2.64. The van der Waals surface area contributed by atoms with Crippen molar-refractivity contribution in [3.05, 3.63) is 33.4 Å². The van der Waals surface area contributed by atoms with Gasteiger partial charge in [-0.15, -0.1) is 0 Å². The van der Waals surface area contributed by atoms with Gasteiger partial charge >= 0.3 is 0 Å². The van der Waals surface area contributed by atoms with E-state index in [-0.39, 0.29) is 35.8 Å². The Morgan fingerprint density at radius 1 is 1.41 bits per heavy atom. The second-order valence-electron chi connectivity index (χ2n) is 7.56. The number of aryl methyl sites for hydroxylation is 1. The molecular weight excluding hydrogens is 346 g/mol. The summed E-state index contributed by atoms with van der Waals surface area (Å²) in [5.74, 6) is 0.175. The zero-order valence-corrected chi connectivity index (χ0v) is 16.3. The summed E-state index contributed by atoms with van der Waals surface area (Å²) in [5.41, 5.74) is 2.53. The molecule has 1 aliphatic heterocycles. The normalized spacial score (nSPS) is 17.1. The molecule has 1 saturated heterocycles. The maximum atomic E-state index is 12.9. The average Bonchev–Trinajstić information content (AvgIpc) is 3.20. The molecule has 0 bridgehead atoms. The molecule has 1 aliphatic rings. The van der Waals surface area contributed by atoms with Crippen molar-refractivity contribution in [2.75, 3.05) is 13.1 Å². The predicted octanol–water partition coefficient (Wildman–Crippen LogP) is 1.12. The number of rotatable bonds is 5. The molecule has 2 aromatic rings. The minimum Gasteiger partial charge on any atom is -0.354 e. The molecule has 1 fully saturated rings. The minimum atomic E-state index is -0.164. The fraction of sp³-hybridized carbons (Fsp3) is 0.579. The molecule has 0 radical (unpaired) electrons. The molecule has 1 atom stereocenters. The molecule has 3 rings (SSSR count). The van der Waals surface area contributed by atoms with E-state index in [0.717, 1.165) is 18.7 Å². The highest BCUT2D eigenvalue weighted by atomic mass is 16.2. The number of carbonyl (C=O) groups is 2. The van der Waals surface area contributed by atoms with Crippen LogP contribution in [-0.2, 0) is 16.0 Å². The van der Waals surface area contributed by atoms with Crippen LogP contribution in [0.4, 0.5) is 0 Å². The minimum absolute atomic E-state index is 0.0710. The van der Waals surface area contributed by atoms with Crippen molar-refractivity contribution in [2.45, 2.75) is 58.9 Å². The van der Waals surface area contributed by atoms with Gasteiger partial charge in [0, 0.05) is 61.4 Å². The Balaban J connectivity index is 1.83. The number of hydrogen-bond acceptors (Lipinski definition) is 4. The Bertz CT molecular complexity index is 927. The van der Waals surface area contributed by atoms with Crippen molar-refractivity contribution in [3.63, 3.8) is 0 Å². The van der Waals surface area contributed by atoms with Crippen LogP contribution in [0.3, 0.4) is 0 Å². The third-order valence-corrected chi connectivity index (χ3v) is 5.06. The van der Waals surface area contributed by atoms with Crippen LogP contribution in [0.1, 0.15) is 56.5 Å². The van der Waals surface area contributed by atoms with Gasteiger partial charge < -0.3 is 10.2 Å². The number of fused-ring (bicyclic) bond motifs is 1. The second kappa shape index (κ2) is 7.54. The van der Waals surface area contributed by atoms with Gasteiger partial charge in [0.25, 0.3) is 5.56 Å². The first-order valence-corrected chi connectivity index (χ1v) is 9.42. The van der Waals surface area contributed by atoms with Gasteiger partial charge in [-0.25, -0.2) is 9.50 Å². The van der Waals surface area contributed by atoms with Crippen LogP contribution in [-0.4, -0.2) is 50.4 Å². The highest BCUT2D eigenvalue weighted by Crippen LogP contribution is 2.26. The molecular formula is C19H27N5O3. The molecule has 0 spiro atoms. The quantitative estimate of drug-likeness (QED) is 0.820. The number of nitrogens with one attached hydrogen (secondary N) is 2. The van der Waals surface area contributed by atoms with Crippen molar-refractivity contribution >= 4 is 17.5 Å². The van der Waals surface area contributed by atoms with Crippen LogP contribution in [0.15, 0.2) is 10.9 Å². The number of carbonyl (C=O) groups excluding carboxylic acids is 2. The Labute approximate surface area is 157 Å². The molecule has 27 heavy (non-hydrogen) atoms. The SMILES string of the molecule is CC(=O)N1CC[C@@H](c2cc3nc(C)c(CCC(=O)NC(C)C)c(=O)n3[nH]2)C1. The topological polar surface area (TPSA) is 99.6 Å². The number of aromatic nitrogens is 3. The van der Waals surface area contributed by atoms with Crippen molar-refractivity contribution in [2.24, 2.45) is 0 Å². The van der Waals surface area contributed by atoms with E-state index < -0.39 is 0 Å². The third-order valence-electron chi connectivity index (χ3n) is 5.06. The monoisotopic (exact) mass is 373 g/mol. The summed E-state index contributed by atoms with van der Waals surface area (Å²) in [6.07, 6.45) is 1.48. The number of aromatic amines is 1. The lowest BCUT2D eigenvalue weighted by Crippen LogP contribution is -2.31. The number of amides is 2. The molecule has 2 N–H and O–H groups in total. The van der Waals surface area contributed by atoms with E-state index in [2.05, 4.69) is 15.4 Å². The van der Waals surface area contributed by atoms with Gasteiger partial charge in [0.1, 0.15) is 0 Å². The van der Waals surface area contributed by atoms with Crippen LogP contribution < -0.4 is 10.9 Å². The number of likely N-dealkylation sites (tertiary alicyclic amines) is 1. The van der Waals surface area contributed by atoms with E-state index in [9.17, 15) is 14.4 Å². The summed E-state index contributed by atoms with van der Waals surface area (Å²) in [7, 11) is 0. The molecule has 8 nitrogen and oxygen atoms in total. The Kier molecular flexibility index (Phi) is 5.34. The molecule has 146 valence electrons. The lowest BCUT2D eigenvalue weighted by atomic mass is 10.1. The molecule has 2 amide bonds. The molecule has 8 heteroatoms. The summed E-state index contributed by atoms with van der Waals surface area (Å²) in [4.78, 5) is 42.7. The standard InChI is InChI=1S/C19H27N5O3/c1-11(2)20-18(26)6-5-15-12(3)21-17-9-16(22-24(17)19(15)27)14-7-8-23(10-14)13(4)25/h9,11,14,22H,5-8,10H2,1-4H3,(H,20,26)/t14-/m1/s1. The summed E-state index contributed by atoms with van der Waals surface area (Å²) >= 11 is 0. The first-order valence-electron chi connectivity index (χ1n) is 9.42. The van der Waals surface area contributed by atoms with Gasteiger partial charge in [0.15, 0.2) is 5.65 Å². The first-order chi connectivity index (χ1) is 12.8. The van der Waals surface area contributed by atoms with E-state index in [0.29, 0.717) is 29.9 Å². The summed E-state index contributed by atoms with van der Waals surface area (Å²) in [6.45, 7) is 8.57. The van der Waals surface area contributed by atoms with Gasteiger partial charge in [-0.1, -0.05) is 0 Å². The van der Waals surface area contributed by atoms with Crippen LogP contribution in [0.5, 0.6) is 0 Å². The maximum Gasteiger partial charge on any atom is 0.276 e. The summed E-state index contributed by atoms with van der Waals surface area (Å²) in [6, 6.07) is 1.96. The van der Waals surface area contributed by atoms with Crippen LogP contribution >= 0.6 is 0 Å². The molecule has 3 heterocycles. The lowest BCUT2D eigenvalue weighted by Gasteiger charge is -2.12. The van der Waals surface area contributed by atoms with E-state index in [1.807, 2.05) is 24.8 Å². The van der Waals surface area contributed by atoms with E-state index in [1.54, 1.807) is 13.8 Å². The Morgan fingerprint density at radius 3 is 2.78 bits per heavy atom. The van der Waals surface area contributed by atoms with E-state index >= 15 is 0 Å². The molecule has 0 saturated carbocycles. The molecule has 2 aromatic heterocycles. The maximum absolute atomic E-state index is 12.9. The third kappa shape index (κ3) is 4.04. The summed E-state index contributed by atoms with van der Waals surface area (Å²) < 4.78 is 1.45. The van der Waals surface area contributed by atoms with E-state index in [1.165, 1.54) is 4.52 Å². The predicted molar refractivity (Wildman–Crippen MR) is 102 cm³/mol. The van der Waals surface area contributed by atoms with Crippen LogP contribution in [0, 0.1) is 6.92 Å². The lowest BCUT2D eigenvalue weighted by molar-refractivity contribution is -0.127. The zero-order chi connectivity index (χ0) is 19.7. The van der Waals surface area contributed by atoms with E-state index in [4.69, 9.17) is 0 Å². The van der Waals surface area contributed by atoms with Crippen molar-refractivity contribution in [3.8, 4) is 0 Å². The number of hydrogen-bond donors (Lipinski definition) is 2. The highest BCUT2D eigenvalue weighted by Gasteiger charge is 2.27. The number of nitrogens with zero attached hydrogens (tertiary/aromatic N) is 3. The highest BCUT2D eigenvalue weighted by molar-refractivity contribution is 5.76. The van der Waals surface area contributed by atoms with Crippen LogP contribution in [0.2, 0.25) is 0 Å². The summed E-state index contributed by atoms with van der Waals surface area (Å²) in [5, 5.41) is 5.99. The van der Waals surface area contributed by atoms with Gasteiger partial charge in [-0.05, 0) is 33.6 Å². The van der Waals surface area contributed by atoms with Gasteiger partial charge in [0.05, 0.1) is 0 Å². The van der Waals surface area contributed by atoms with Gasteiger partial charge in [-0.2, -0.15) is 0 Å². The molecule has 0 aliphatic carbocycles. The van der Waals surface area contributed by atoms with Gasteiger partial charge in [-0.3, -0.25) is 19.5 Å². The van der Waals surface area contributed by atoms with Crippen LogP contribution in [0.25, 0.3) is 5.65 Å². The van der Waals surface area contributed by atoms with Gasteiger partial charge in [0.2, 0.25) is 11.8 Å². The fourth-order valence-corrected chi connectivity index (χ4v) is 3.62. The average molecular weight is 373 g/mol.